The van der Waals surface area contributed by atoms with E-state index >= 15 is 0 Å². The number of hydrogen-bond donors (Lipinski definition) is 2. The Morgan fingerprint density at radius 2 is 1.09 bits per heavy atom. The molecule has 0 unspecified atom stereocenters. The highest BCUT2D eigenvalue weighted by molar-refractivity contribution is 6.99. The topological polar surface area (TPSA) is 66.3 Å². The van der Waals surface area contributed by atoms with Crippen LogP contribution in [0.25, 0.3) is 0 Å². The molecule has 0 radical (unpaired) electrons. The summed E-state index contributed by atoms with van der Waals surface area (Å²) >= 11 is 0. The third-order valence-corrected chi connectivity index (χ3v) is 7.27. The van der Waals surface area contributed by atoms with Gasteiger partial charge < -0.3 is 9.30 Å². The van der Waals surface area contributed by atoms with Gasteiger partial charge >= 0.3 is 6.42 Å². The van der Waals surface area contributed by atoms with Crippen LogP contribution in [-0.2, 0) is 0 Å². The minimum Gasteiger partial charge on any atom is -0.431 e. The highest BCUT2D eigenvalue weighted by Crippen LogP contribution is 2.35. The fourth-order valence-electron chi connectivity index (χ4n) is 5.90. The number of rotatable bonds is 2. The molecule has 0 saturated heterocycles. The van der Waals surface area contributed by atoms with E-state index < -0.39 is 6.42 Å². The average molecular weight is 437 g/mol. The Balaban J connectivity index is 1.68. The Bertz CT molecular complexity index is 1550. The first kappa shape index (κ1) is 18.9. The van der Waals surface area contributed by atoms with Crippen LogP contribution in [0, 0.1) is 10.8 Å². The molecule has 3 aliphatic heterocycles. The maximum Gasteiger partial charge on any atom is 0.319 e. The molecule has 6 heteroatoms. The summed E-state index contributed by atoms with van der Waals surface area (Å²) in [5, 5.41) is 18.7. The predicted molar refractivity (Wildman–Crippen MR) is 137 cm³/mol. The molecule has 5 nitrogen and oxygen atoms in total. The van der Waals surface area contributed by atoms with E-state index in [0.29, 0.717) is 11.7 Å². The van der Waals surface area contributed by atoms with Crippen molar-refractivity contribution in [1.82, 2.24) is 4.81 Å². The number of amidine groups is 4. The van der Waals surface area contributed by atoms with Gasteiger partial charge in [0.05, 0.1) is 17.0 Å². The van der Waals surface area contributed by atoms with Gasteiger partial charge in [0.15, 0.2) is 5.84 Å². The summed E-state index contributed by atoms with van der Waals surface area (Å²) < 4.78 is 2.07. The normalized spacial score (nSPS) is 17.2. The zero-order valence-corrected chi connectivity index (χ0v) is 18.3. The fourth-order valence-corrected chi connectivity index (χ4v) is 5.90. The highest BCUT2D eigenvalue weighted by Gasteiger charge is 2.56. The van der Waals surface area contributed by atoms with Crippen molar-refractivity contribution in [3.63, 3.8) is 0 Å². The van der Waals surface area contributed by atoms with Crippen molar-refractivity contribution >= 4 is 40.7 Å². The number of fused-ring (bicyclic) bond motifs is 5. The average Bonchev–Trinajstić information content (AvgIpc) is 3.36. The standard InChI is InChI=1S/C28H20BN5/c30-25-21-15-7-9-17-23(21)27-32-28-24-18-10-8-16-22(24)26(31)34(28)29(33(25)27,19-11-3-1-4-12-19)20-13-5-2-6-14-20/h1-18,30-31H. The third kappa shape index (κ3) is 2.19. The quantitative estimate of drug-likeness (QED) is 0.465. The van der Waals surface area contributed by atoms with E-state index in [4.69, 9.17) is 4.99 Å². The molecule has 3 aliphatic rings. The highest BCUT2D eigenvalue weighted by atomic mass is 15.4. The van der Waals surface area contributed by atoms with Gasteiger partial charge in [-0.15, -0.1) is 10.9 Å². The molecular formula is C28H20BN5. The summed E-state index contributed by atoms with van der Waals surface area (Å²) in [6, 6.07) is 36.6. The van der Waals surface area contributed by atoms with Crippen molar-refractivity contribution in [2.45, 2.75) is 0 Å². The van der Waals surface area contributed by atoms with Gasteiger partial charge in [-0.25, -0.2) is 0 Å². The van der Waals surface area contributed by atoms with Crippen LogP contribution < -0.4 is 10.9 Å². The summed E-state index contributed by atoms with van der Waals surface area (Å²) in [6.45, 7) is 0. The van der Waals surface area contributed by atoms with E-state index in [-0.39, 0.29) is 0 Å². The molecule has 0 saturated carbocycles. The second kappa shape index (κ2) is 6.72. The van der Waals surface area contributed by atoms with Crippen LogP contribution >= 0.6 is 0 Å². The van der Waals surface area contributed by atoms with Gasteiger partial charge in [0.2, 0.25) is 11.7 Å². The Morgan fingerprint density at radius 3 is 1.71 bits per heavy atom. The Morgan fingerprint density at radius 1 is 0.588 bits per heavy atom. The van der Waals surface area contributed by atoms with Gasteiger partial charge in [0.1, 0.15) is 0 Å². The van der Waals surface area contributed by atoms with Gasteiger partial charge in [0.25, 0.3) is 0 Å². The molecule has 34 heavy (non-hydrogen) atoms. The van der Waals surface area contributed by atoms with Gasteiger partial charge in [-0.3, -0.25) is 5.41 Å². The second-order valence-corrected chi connectivity index (χ2v) is 8.88. The van der Waals surface area contributed by atoms with Crippen molar-refractivity contribution < 1.29 is 4.49 Å². The molecule has 0 spiro atoms. The molecule has 2 N–H and O–H groups in total. The van der Waals surface area contributed by atoms with Crippen molar-refractivity contribution in [1.29, 1.82) is 10.8 Å². The molecule has 0 aliphatic carbocycles. The lowest BCUT2D eigenvalue weighted by molar-refractivity contribution is -0.261. The minimum absolute atomic E-state index is 0.407. The summed E-state index contributed by atoms with van der Waals surface area (Å²) in [5.74, 6) is 2.35. The van der Waals surface area contributed by atoms with Gasteiger partial charge in [0, 0.05) is 11.1 Å². The first-order chi connectivity index (χ1) is 16.7. The Hall–Kier alpha value is -4.58. The van der Waals surface area contributed by atoms with Crippen LogP contribution in [0.15, 0.2) is 114 Å². The molecule has 4 aromatic carbocycles. The summed E-state index contributed by atoms with van der Waals surface area (Å²) in [7, 11) is 0. The van der Waals surface area contributed by atoms with Crippen molar-refractivity contribution in [2.24, 2.45) is 4.99 Å². The van der Waals surface area contributed by atoms with E-state index in [1.807, 2.05) is 84.9 Å². The van der Waals surface area contributed by atoms with Crippen LogP contribution in [0.5, 0.6) is 0 Å². The molecule has 0 aromatic heterocycles. The molecule has 4 aromatic rings. The van der Waals surface area contributed by atoms with Crippen LogP contribution in [-0.4, -0.2) is 39.1 Å². The lowest BCUT2D eigenvalue weighted by Gasteiger charge is -2.51. The van der Waals surface area contributed by atoms with Crippen molar-refractivity contribution in [3.8, 4) is 0 Å². The summed E-state index contributed by atoms with van der Waals surface area (Å²) in [5.41, 5.74) is 5.70. The van der Waals surface area contributed by atoms with Crippen molar-refractivity contribution in [3.05, 3.63) is 131 Å². The molecule has 0 bridgehead atoms. The van der Waals surface area contributed by atoms with Gasteiger partial charge in [-0.2, -0.15) is 5.41 Å². The Kier molecular flexibility index (Phi) is 3.74. The molecule has 0 fully saturated rings. The fraction of sp³-hybridized carbons (Fsp3) is 0. The lowest BCUT2D eigenvalue weighted by atomic mass is 9.34. The van der Waals surface area contributed by atoms with E-state index in [9.17, 15) is 10.8 Å². The van der Waals surface area contributed by atoms with Gasteiger partial charge in [-0.05, 0) is 18.2 Å². The van der Waals surface area contributed by atoms with Crippen LogP contribution in [0.2, 0.25) is 0 Å². The first-order valence-electron chi connectivity index (χ1n) is 11.4. The minimum atomic E-state index is -1.97. The number of aliphatic imine (C=N–C) groups is 1. The number of nitrogens with zero attached hydrogens (tertiary/aromatic N) is 3. The molecule has 3 heterocycles. The monoisotopic (exact) mass is 437 g/mol. The smallest absolute Gasteiger partial charge is 0.319 e. The Labute approximate surface area is 197 Å². The third-order valence-electron chi connectivity index (χ3n) is 7.27. The lowest BCUT2D eigenvalue weighted by Crippen LogP contribution is -2.80. The number of nitrogens with one attached hydrogen (secondary N) is 2. The molecule has 7 rings (SSSR count). The SMILES string of the molecule is N=C1c2ccccc2C2=NC3=[N+](C(=N)c4ccccc43)[B-](c3ccccc3)(c3ccccc3)N12. The largest absolute Gasteiger partial charge is 0.431 e. The molecule has 0 amide bonds. The number of hydrogen-bond acceptors (Lipinski definition) is 3. The van der Waals surface area contributed by atoms with Crippen LogP contribution in [0.3, 0.4) is 0 Å². The maximum atomic E-state index is 9.34. The van der Waals surface area contributed by atoms with Crippen LogP contribution in [0.4, 0.5) is 0 Å². The molecular weight excluding hydrogens is 417 g/mol. The summed E-state index contributed by atoms with van der Waals surface area (Å²) in [6.07, 6.45) is -1.97. The van der Waals surface area contributed by atoms with E-state index in [0.717, 1.165) is 44.9 Å². The zero-order valence-electron chi connectivity index (χ0n) is 18.3. The number of benzene rings is 4. The first-order valence-corrected chi connectivity index (χ1v) is 11.4. The molecule has 160 valence electrons. The predicted octanol–water partition coefficient (Wildman–Crippen LogP) is 3.14. The second-order valence-electron chi connectivity index (χ2n) is 8.88. The zero-order chi connectivity index (χ0) is 22.9. The van der Waals surface area contributed by atoms with E-state index in [2.05, 4.69) is 33.6 Å². The van der Waals surface area contributed by atoms with E-state index in [1.165, 1.54) is 0 Å². The van der Waals surface area contributed by atoms with Gasteiger partial charge in [-0.1, -0.05) is 96.0 Å². The molecule has 0 atom stereocenters. The van der Waals surface area contributed by atoms with Crippen molar-refractivity contribution in [2.75, 3.05) is 0 Å². The summed E-state index contributed by atoms with van der Waals surface area (Å²) in [4.78, 5) is 7.22. The van der Waals surface area contributed by atoms with E-state index in [1.54, 1.807) is 0 Å². The van der Waals surface area contributed by atoms with Crippen LogP contribution in [0.1, 0.15) is 22.3 Å². The maximum absolute atomic E-state index is 9.34.